The molecule has 1 aromatic carbocycles. The molecule has 0 bridgehead atoms. The van der Waals surface area contributed by atoms with E-state index in [0.717, 1.165) is 5.56 Å². The van der Waals surface area contributed by atoms with Gasteiger partial charge in [-0.3, -0.25) is 4.55 Å². The molecular weight excluding hydrogens is 211 g/mol. The van der Waals surface area contributed by atoms with Gasteiger partial charge in [0.2, 0.25) is 0 Å². The second-order valence-corrected chi connectivity index (χ2v) is 4.62. The maximum Gasteiger partial charge on any atom is 1.00 e. The summed E-state index contributed by atoms with van der Waals surface area (Å²) in [7, 11) is -4.06. The second-order valence-electron chi connectivity index (χ2n) is 3.20. The van der Waals surface area contributed by atoms with Crippen molar-refractivity contribution in [3.8, 4) is 0 Å². The fraction of sp³-hybridized carbons (Fsp3) is 0.333. The van der Waals surface area contributed by atoms with Crippen molar-refractivity contribution in [3.63, 3.8) is 0 Å². The number of benzene rings is 1. The smallest absolute Gasteiger partial charge is 1.00 e. The van der Waals surface area contributed by atoms with Crippen LogP contribution in [0.25, 0.3) is 0 Å². The minimum absolute atomic E-state index is 0. The summed E-state index contributed by atoms with van der Waals surface area (Å²) in [6, 6.07) is 6.32. The van der Waals surface area contributed by atoms with E-state index < -0.39 is 10.1 Å². The van der Waals surface area contributed by atoms with Crippen molar-refractivity contribution < 1.29 is 44.0 Å². The Bertz CT molecular complexity index is 404. The van der Waals surface area contributed by atoms with E-state index in [9.17, 15) is 8.42 Å². The van der Waals surface area contributed by atoms with Gasteiger partial charge in [-0.1, -0.05) is 26.0 Å². The Morgan fingerprint density at radius 2 is 1.93 bits per heavy atom. The molecule has 0 fully saturated rings. The molecule has 5 heteroatoms. The maximum absolute atomic E-state index is 10.8. The third kappa shape index (κ3) is 3.71. The van der Waals surface area contributed by atoms with Crippen LogP contribution in [-0.2, 0) is 10.1 Å². The Morgan fingerprint density at radius 1 is 1.36 bits per heavy atom. The molecule has 14 heavy (non-hydrogen) atoms. The molecular formula is C9H13NaO3S. The number of hydrogen-bond acceptors (Lipinski definition) is 2. The summed E-state index contributed by atoms with van der Waals surface area (Å²) in [4.78, 5) is -0.0429. The van der Waals surface area contributed by atoms with Gasteiger partial charge < -0.3 is 1.43 Å². The fourth-order valence-corrected chi connectivity index (χ4v) is 1.57. The Kier molecular flexibility index (Phi) is 5.33. The summed E-state index contributed by atoms with van der Waals surface area (Å²) in [5, 5.41) is 0. The molecule has 0 aromatic heterocycles. The molecule has 0 spiro atoms. The molecule has 0 unspecified atom stereocenters. The van der Waals surface area contributed by atoms with Gasteiger partial charge in [0.25, 0.3) is 10.1 Å². The molecule has 1 aromatic rings. The van der Waals surface area contributed by atoms with Gasteiger partial charge in [-0.15, -0.1) is 0 Å². The van der Waals surface area contributed by atoms with E-state index in [2.05, 4.69) is 0 Å². The van der Waals surface area contributed by atoms with Crippen molar-refractivity contribution in [2.45, 2.75) is 24.7 Å². The van der Waals surface area contributed by atoms with Crippen LogP contribution in [-0.4, -0.2) is 13.0 Å². The topological polar surface area (TPSA) is 54.4 Å². The molecule has 74 valence electrons. The normalized spacial score (nSPS) is 11.1. The van der Waals surface area contributed by atoms with Crippen molar-refractivity contribution in [2.75, 3.05) is 0 Å². The van der Waals surface area contributed by atoms with Crippen LogP contribution in [0, 0.1) is 0 Å². The first-order valence-electron chi connectivity index (χ1n) is 3.98. The molecule has 0 radical (unpaired) electrons. The van der Waals surface area contributed by atoms with Crippen LogP contribution in [0.15, 0.2) is 29.2 Å². The Balaban J connectivity index is 0. The summed E-state index contributed by atoms with van der Waals surface area (Å²) in [5.41, 5.74) is 0.898. The Hall–Kier alpha value is 0.130. The standard InChI is InChI=1S/C9H12O3S.Na.H/c1-7(2)8-4-3-5-9(6-8)13(10,11)12;;/h3-7H,1-2H3,(H,10,11,12);;/q;+1;-1. The van der Waals surface area contributed by atoms with Gasteiger partial charge in [-0.05, 0) is 23.6 Å². The monoisotopic (exact) mass is 224 g/mol. The van der Waals surface area contributed by atoms with Crippen molar-refractivity contribution in [2.24, 2.45) is 0 Å². The predicted molar refractivity (Wildman–Crippen MR) is 51.5 cm³/mol. The zero-order valence-corrected chi connectivity index (χ0v) is 11.4. The van der Waals surface area contributed by atoms with Gasteiger partial charge in [-0.2, -0.15) is 8.42 Å². The van der Waals surface area contributed by atoms with Gasteiger partial charge in [0.1, 0.15) is 0 Å². The summed E-state index contributed by atoms with van der Waals surface area (Å²) in [6.07, 6.45) is 0. The number of hydrogen-bond donors (Lipinski definition) is 1. The van der Waals surface area contributed by atoms with Gasteiger partial charge in [0.15, 0.2) is 0 Å². The van der Waals surface area contributed by atoms with E-state index >= 15 is 0 Å². The average Bonchev–Trinajstić information content (AvgIpc) is 2.03. The largest absolute Gasteiger partial charge is 1.00 e. The summed E-state index contributed by atoms with van der Waals surface area (Å²) < 4.78 is 30.3. The van der Waals surface area contributed by atoms with Crippen LogP contribution in [0.1, 0.15) is 26.8 Å². The third-order valence-corrected chi connectivity index (χ3v) is 2.67. The maximum atomic E-state index is 10.8. The summed E-state index contributed by atoms with van der Waals surface area (Å²) in [5.74, 6) is 0.252. The van der Waals surface area contributed by atoms with Crippen LogP contribution >= 0.6 is 0 Å². The summed E-state index contributed by atoms with van der Waals surface area (Å²) in [6.45, 7) is 3.92. The van der Waals surface area contributed by atoms with Crippen molar-refractivity contribution >= 4 is 10.1 Å². The molecule has 0 saturated heterocycles. The predicted octanol–water partition coefficient (Wildman–Crippen LogP) is -0.827. The van der Waals surface area contributed by atoms with E-state index in [4.69, 9.17) is 4.55 Å². The Morgan fingerprint density at radius 3 is 2.36 bits per heavy atom. The first kappa shape index (κ1) is 14.1. The van der Waals surface area contributed by atoms with E-state index in [-0.39, 0.29) is 41.8 Å². The molecule has 0 aliphatic carbocycles. The minimum atomic E-state index is -4.06. The van der Waals surface area contributed by atoms with Crippen molar-refractivity contribution in [1.29, 1.82) is 0 Å². The summed E-state index contributed by atoms with van der Waals surface area (Å²) >= 11 is 0. The van der Waals surface area contributed by atoms with Gasteiger partial charge in [0.05, 0.1) is 4.90 Å². The quantitative estimate of drug-likeness (QED) is 0.527. The SMILES string of the molecule is CC(C)c1cccc(S(=O)(=O)O)c1.[H-].[Na+]. The molecule has 1 rings (SSSR count). The molecule has 1 N–H and O–H groups in total. The van der Waals surface area contributed by atoms with E-state index in [1.807, 2.05) is 19.9 Å². The molecule has 0 saturated carbocycles. The zero-order valence-electron chi connectivity index (χ0n) is 9.56. The minimum Gasteiger partial charge on any atom is -1.00 e. The van der Waals surface area contributed by atoms with Crippen molar-refractivity contribution in [3.05, 3.63) is 29.8 Å². The van der Waals surface area contributed by atoms with E-state index in [0.29, 0.717) is 0 Å². The average molecular weight is 224 g/mol. The van der Waals surface area contributed by atoms with Gasteiger partial charge in [-0.25, -0.2) is 0 Å². The van der Waals surface area contributed by atoms with Crippen LogP contribution < -0.4 is 29.6 Å². The van der Waals surface area contributed by atoms with Crippen molar-refractivity contribution in [1.82, 2.24) is 0 Å². The van der Waals surface area contributed by atoms with Crippen LogP contribution in [0.3, 0.4) is 0 Å². The van der Waals surface area contributed by atoms with E-state index in [1.165, 1.54) is 12.1 Å². The molecule has 0 aliphatic rings. The molecule has 0 amide bonds. The third-order valence-electron chi connectivity index (χ3n) is 1.82. The molecule has 3 nitrogen and oxygen atoms in total. The number of rotatable bonds is 2. The first-order valence-corrected chi connectivity index (χ1v) is 5.42. The second kappa shape index (κ2) is 5.28. The molecule has 0 atom stereocenters. The van der Waals surface area contributed by atoms with Crippen LogP contribution in [0.5, 0.6) is 0 Å². The fourth-order valence-electron chi connectivity index (χ4n) is 1.03. The van der Waals surface area contributed by atoms with Crippen LogP contribution in [0.4, 0.5) is 0 Å². The van der Waals surface area contributed by atoms with Gasteiger partial charge >= 0.3 is 29.6 Å². The first-order chi connectivity index (χ1) is 5.91. The Labute approximate surface area is 108 Å². The van der Waals surface area contributed by atoms with E-state index in [1.54, 1.807) is 6.07 Å². The molecule has 0 heterocycles. The van der Waals surface area contributed by atoms with Crippen LogP contribution in [0.2, 0.25) is 0 Å². The zero-order chi connectivity index (χ0) is 10.1. The molecule has 0 aliphatic heterocycles. The van der Waals surface area contributed by atoms with Gasteiger partial charge in [0, 0.05) is 0 Å².